The number of thioether (sulfide) groups is 1. The third kappa shape index (κ3) is 7.03. The van der Waals surface area contributed by atoms with Gasteiger partial charge in [0.25, 0.3) is 0 Å². The molecule has 3 rings (SSSR count). The number of carbonyl (C=O) groups excluding carboxylic acids is 2. The van der Waals surface area contributed by atoms with E-state index < -0.39 is 0 Å². The molecule has 0 N–H and O–H groups in total. The average molecular weight is 475 g/mol. The van der Waals surface area contributed by atoms with Crippen molar-refractivity contribution >= 4 is 29.1 Å². The summed E-state index contributed by atoms with van der Waals surface area (Å²) in [5.74, 6) is 2.16. The molecule has 0 saturated carbocycles. The first-order chi connectivity index (χ1) is 15.5. The van der Waals surface area contributed by atoms with Gasteiger partial charge in [0.1, 0.15) is 5.82 Å². The summed E-state index contributed by atoms with van der Waals surface area (Å²) in [4.78, 5) is 36.8. The van der Waals surface area contributed by atoms with Crippen LogP contribution in [0.2, 0.25) is 0 Å². The van der Waals surface area contributed by atoms with E-state index >= 15 is 0 Å². The lowest BCUT2D eigenvalue weighted by molar-refractivity contribution is -0.122. The summed E-state index contributed by atoms with van der Waals surface area (Å²) < 4.78 is -0.284. The monoisotopic (exact) mass is 474 g/mol. The molecule has 2 saturated heterocycles. The van der Waals surface area contributed by atoms with E-state index in [4.69, 9.17) is 0 Å². The Hall–Kier alpha value is -1.44. The Kier molecular flexibility index (Phi) is 8.62. The van der Waals surface area contributed by atoms with Gasteiger partial charge < -0.3 is 4.90 Å². The van der Waals surface area contributed by atoms with Crippen LogP contribution in [0.3, 0.4) is 0 Å². The standard InChI is InChI=1S/C26H42N4O2S/c1-25(2,3)24(32)21-7-8-23(27-17-21)30-15-13-29(14-16-30)18-20-9-11-28(12-10-20)19-22(31)26(4,5)33-6/h7-8,17,20H,9-16,18-19H2,1-6H3. The van der Waals surface area contributed by atoms with Crippen LogP contribution >= 0.6 is 11.8 Å². The maximum atomic E-state index is 12.5. The van der Waals surface area contributed by atoms with E-state index in [-0.39, 0.29) is 15.9 Å². The quantitative estimate of drug-likeness (QED) is 0.530. The number of carbonyl (C=O) groups is 2. The Labute approximate surface area is 204 Å². The molecule has 33 heavy (non-hydrogen) atoms. The second kappa shape index (κ2) is 10.9. The average Bonchev–Trinajstić information content (AvgIpc) is 2.80. The van der Waals surface area contributed by atoms with Crippen molar-refractivity contribution in [3.8, 4) is 0 Å². The molecule has 2 aliphatic rings. The first-order valence-corrected chi connectivity index (χ1v) is 13.5. The number of pyridine rings is 1. The molecule has 3 heterocycles. The van der Waals surface area contributed by atoms with Crippen LogP contribution < -0.4 is 4.90 Å². The van der Waals surface area contributed by atoms with Gasteiger partial charge in [-0.2, -0.15) is 11.8 Å². The third-order valence-electron chi connectivity index (χ3n) is 7.16. The third-order valence-corrected chi connectivity index (χ3v) is 8.41. The summed E-state index contributed by atoms with van der Waals surface area (Å²) in [6, 6.07) is 3.91. The highest BCUT2D eigenvalue weighted by molar-refractivity contribution is 8.00. The number of ketones is 2. The van der Waals surface area contributed by atoms with Crippen molar-refractivity contribution < 1.29 is 9.59 Å². The number of rotatable bonds is 8. The fourth-order valence-corrected chi connectivity index (χ4v) is 4.79. The second-order valence-corrected chi connectivity index (χ2v) is 12.6. The molecule has 184 valence electrons. The Morgan fingerprint density at radius 1 is 0.970 bits per heavy atom. The normalized spacial score (nSPS) is 19.6. The minimum Gasteiger partial charge on any atom is -0.354 e. The van der Waals surface area contributed by atoms with Gasteiger partial charge in [0.05, 0.1) is 11.3 Å². The molecule has 0 aliphatic carbocycles. The number of piperidine rings is 1. The molecule has 0 aromatic carbocycles. The van der Waals surface area contributed by atoms with Crippen molar-refractivity contribution in [3.05, 3.63) is 23.9 Å². The van der Waals surface area contributed by atoms with E-state index in [0.29, 0.717) is 17.9 Å². The van der Waals surface area contributed by atoms with Gasteiger partial charge in [-0.15, -0.1) is 0 Å². The van der Waals surface area contributed by atoms with Gasteiger partial charge >= 0.3 is 0 Å². The molecule has 2 fully saturated rings. The van der Waals surface area contributed by atoms with Gasteiger partial charge in [-0.1, -0.05) is 20.8 Å². The fourth-order valence-electron chi connectivity index (χ4n) is 4.50. The minimum atomic E-state index is -0.383. The molecule has 0 atom stereocenters. The van der Waals surface area contributed by atoms with Gasteiger partial charge in [0.15, 0.2) is 11.6 Å². The van der Waals surface area contributed by atoms with E-state index in [1.807, 2.05) is 53.0 Å². The maximum Gasteiger partial charge on any atom is 0.169 e. The molecule has 7 heteroatoms. The summed E-state index contributed by atoms with van der Waals surface area (Å²) in [6.45, 7) is 17.7. The number of aromatic nitrogens is 1. The van der Waals surface area contributed by atoms with Gasteiger partial charge in [0, 0.05) is 49.9 Å². The van der Waals surface area contributed by atoms with Crippen LogP contribution in [0.25, 0.3) is 0 Å². The van der Waals surface area contributed by atoms with Gasteiger partial charge in [0.2, 0.25) is 0 Å². The lowest BCUT2D eigenvalue weighted by Gasteiger charge is -2.39. The lowest BCUT2D eigenvalue weighted by Crippen LogP contribution is -2.49. The molecule has 2 aliphatic heterocycles. The molecule has 0 radical (unpaired) electrons. The van der Waals surface area contributed by atoms with Crippen LogP contribution in [-0.2, 0) is 4.79 Å². The summed E-state index contributed by atoms with van der Waals surface area (Å²) in [6.07, 6.45) is 6.10. The predicted octanol–water partition coefficient (Wildman–Crippen LogP) is 3.86. The van der Waals surface area contributed by atoms with E-state index in [1.54, 1.807) is 18.0 Å². The van der Waals surface area contributed by atoms with Crippen LogP contribution in [0.4, 0.5) is 5.82 Å². The summed E-state index contributed by atoms with van der Waals surface area (Å²) in [7, 11) is 0. The Balaban J connectivity index is 1.41. The second-order valence-electron chi connectivity index (χ2n) is 11.1. The van der Waals surface area contributed by atoms with E-state index in [9.17, 15) is 9.59 Å². The molecule has 6 nitrogen and oxygen atoms in total. The molecule has 1 aromatic rings. The van der Waals surface area contributed by atoms with Crippen molar-refractivity contribution in [2.24, 2.45) is 11.3 Å². The molecule has 0 amide bonds. The number of anilines is 1. The molecular weight excluding hydrogens is 432 g/mol. The zero-order valence-corrected chi connectivity index (χ0v) is 22.2. The highest BCUT2D eigenvalue weighted by atomic mass is 32.2. The van der Waals surface area contributed by atoms with Crippen molar-refractivity contribution in [3.63, 3.8) is 0 Å². The van der Waals surface area contributed by atoms with Gasteiger partial charge in [-0.05, 0) is 64.1 Å². The minimum absolute atomic E-state index is 0.134. The van der Waals surface area contributed by atoms with Crippen molar-refractivity contribution in [2.75, 3.05) is 63.5 Å². The smallest absolute Gasteiger partial charge is 0.169 e. The number of hydrogen-bond donors (Lipinski definition) is 0. The Morgan fingerprint density at radius 3 is 2.12 bits per heavy atom. The number of hydrogen-bond acceptors (Lipinski definition) is 7. The Morgan fingerprint density at radius 2 is 1.61 bits per heavy atom. The SMILES string of the molecule is CSC(C)(C)C(=O)CN1CCC(CN2CCN(c3ccc(C(=O)C(C)(C)C)cn3)CC2)CC1. The molecule has 0 spiro atoms. The first-order valence-electron chi connectivity index (χ1n) is 12.3. The van der Waals surface area contributed by atoms with Crippen LogP contribution in [-0.4, -0.2) is 89.7 Å². The lowest BCUT2D eigenvalue weighted by atomic mass is 9.87. The zero-order valence-electron chi connectivity index (χ0n) is 21.4. The van der Waals surface area contributed by atoms with E-state index in [0.717, 1.165) is 57.5 Å². The van der Waals surface area contributed by atoms with Crippen LogP contribution in [0.15, 0.2) is 18.3 Å². The summed E-state index contributed by atoms with van der Waals surface area (Å²) >= 11 is 1.64. The number of likely N-dealkylation sites (tertiary alicyclic amines) is 1. The molecule has 0 unspecified atom stereocenters. The summed E-state index contributed by atoms with van der Waals surface area (Å²) in [5, 5.41) is 0. The number of piperazine rings is 1. The summed E-state index contributed by atoms with van der Waals surface area (Å²) in [5.41, 5.74) is 0.306. The highest BCUT2D eigenvalue weighted by Gasteiger charge is 2.30. The topological polar surface area (TPSA) is 56.8 Å². The number of Topliss-reactive ketones (excluding diaryl/α,β-unsaturated/α-hetero) is 2. The highest BCUT2D eigenvalue weighted by Crippen LogP contribution is 2.25. The fraction of sp³-hybridized carbons (Fsp3) is 0.731. The first kappa shape index (κ1) is 26.2. The van der Waals surface area contributed by atoms with E-state index in [2.05, 4.69) is 19.7 Å². The largest absolute Gasteiger partial charge is 0.354 e. The Bertz CT molecular complexity index is 803. The van der Waals surface area contributed by atoms with Crippen LogP contribution in [0, 0.1) is 11.3 Å². The van der Waals surface area contributed by atoms with Crippen molar-refractivity contribution in [1.29, 1.82) is 0 Å². The van der Waals surface area contributed by atoms with Crippen LogP contribution in [0.5, 0.6) is 0 Å². The molecule has 1 aromatic heterocycles. The van der Waals surface area contributed by atoms with E-state index in [1.165, 1.54) is 12.8 Å². The zero-order chi connectivity index (χ0) is 24.2. The van der Waals surface area contributed by atoms with Crippen molar-refractivity contribution in [2.45, 2.75) is 52.2 Å². The van der Waals surface area contributed by atoms with Crippen LogP contribution in [0.1, 0.15) is 57.8 Å². The molecule has 0 bridgehead atoms. The molecular formula is C26H42N4O2S. The number of nitrogens with zero attached hydrogens (tertiary/aromatic N) is 4. The van der Waals surface area contributed by atoms with Gasteiger partial charge in [-0.3, -0.25) is 19.4 Å². The van der Waals surface area contributed by atoms with Gasteiger partial charge in [-0.25, -0.2) is 4.98 Å². The maximum absolute atomic E-state index is 12.5. The van der Waals surface area contributed by atoms with Crippen molar-refractivity contribution in [1.82, 2.24) is 14.8 Å². The predicted molar refractivity (Wildman–Crippen MR) is 138 cm³/mol.